The van der Waals surface area contributed by atoms with Gasteiger partial charge in [0.05, 0.1) is 0 Å². The van der Waals surface area contributed by atoms with Crippen LogP contribution in [0, 0.1) is 0 Å². The fraction of sp³-hybridized carbons (Fsp3) is 0.143. The van der Waals surface area contributed by atoms with Crippen LogP contribution in [0.3, 0.4) is 0 Å². The van der Waals surface area contributed by atoms with Crippen molar-refractivity contribution in [2.45, 2.75) is 5.02 Å². The molecular weight excluding hydrogens is 220 g/mol. The number of rotatable bonds is 1. The average molecular weight is 226 g/mol. The molecule has 0 aliphatic heterocycles. The third-order valence-electron chi connectivity index (χ3n) is 1.20. The van der Waals surface area contributed by atoms with Crippen molar-refractivity contribution in [2.24, 2.45) is 0 Å². The zero-order valence-corrected chi connectivity index (χ0v) is 9.96. The van der Waals surface area contributed by atoms with Crippen molar-refractivity contribution in [1.29, 1.82) is 0 Å². The van der Waals surface area contributed by atoms with E-state index in [4.69, 9.17) is 11.6 Å². The van der Waals surface area contributed by atoms with Crippen LogP contribution in [-0.2, 0) is 23.3 Å². The van der Waals surface area contributed by atoms with Gasteiger partial charge in [0.15, 0.2) is 0 Å². The molecule has 0 nitrogen and oxygen atoms in total. The minimum atomic E-state index is 0. The van der Waals surface area contributed by atoms with E-state index in [1.165, 1.54) is 28.9 Å². The standard InChI is InChI=1S/C7H6Cl.ClH.Zn/c1-6-2-4-7(8)5-3-6;;/h2-5H,1H2;1H;/q;;+1/p-1. The Morgan fingerprint density at radius 1 is 1.20 bits per heavy atom. The molecule has 0 N–H and O–H groups in total. The van der Waals surface area contributed by atoms with E-state index < -0.39 is 0 Å². The monoisotopic (exact) mass is 224 g/mol. The minimum absolute atomic E-state index is 0. The normalized spacial score (nSPS) is 8.70. The van der Waals surface area contributed by atoms with Crippen LogP contribution in [0.5, 0.6) is 0 Å². The van der Waals surface area contributed by atoms with Gasteiger partial charge in [-0.15, -0.1) is 0 Å². The van der Waals surface area contributed by atoms with Crippen LogP contribution in [-0.4, -0.2) is 0 Å². The third kappa shape index (κ3) is 3.01. The molecule has 0 bridgehead atoms. The van der Waals surface area contributed by atoms with E-state index in [0.717, 1.165) is 5.02 Å². The first-order valence-electron chi connectivity index (χ1n) is 2.86. The van der Waals surface area contributed by atoms with Gasteiger partial charge in [0, 0.05) is 0 Å². The molecule has 10 heavy (non-hydrogen) atoms. The Hall–Kier alpha value is 0.423. The molecule has 0 saturated carbocycles. The van der Waals surface area contributed by atoms with Crippen LogP contribution < -0.4 is 12.4 Å². The Bertz CT molecular complexity index is 183. The van der Waals surface area contributed by atoms with Gasteiger partial charge in [-0.2, -0.15) is 0 Å². The number of benzene rings is 1. The molecule has 0 aliphatic rings. The Morgan fingerprint density at radius 3 is 2.10 bits per heavy atom. The second-order valence-electron chi connectivity index (χ2n) is 1.88. The van der Waals surface area contributed by atoms with Crippen LogP contribution in [0.1, 0.15) is 5.56 Å². The van der Waals surface area contributed by atoms with Crippen molar-refractivity contribution < 1.29 is 30.7 Å². The van der Waals surface area contributed by atoms with Gasteiger partial charge in [0.2, 0.25) is 0 Å². The molecule has 0 fully saturated rings. The Labute approximate surface area is 82.1 Å². The molecule has 0 spiro atoms. The first-order chi connectivity index (χ1) is 4.33. The summed E-state index contributed by atoms with van der Waals surface area (Å²) in [6.07, 6.45) is 0. The van der Waals surface area contributed by atoms with Gasteiger partial charge in [-0.3, -0.25) is 0 Å². The third-order valence-corrected chi connectivity index (χ3v) is 2.67. The summed E-state index contributed by atoms with van der Waals surface area (Å²) in [6.45, 7) is 0. The van der Waals surface area contributed by atoms with Crippen LogP contribution in [0.25, 0.3) is 0 Å². The van der Waals surface area contributed by atoms with E-state index in [0.29, 0.717) is 0 Å². The van der Waals surface area contributed by atoms with Crippen molar-refractivity contribution in [3.8, 4) is 0 Å². The van der Waals surface area contributed by atoms with E-state index in [1.54, 1.807) is 0 Å². The fourth-order valence-corrected chi connectivity index (χ4v) is 1.48. The maximum Gasteiger partial charge on any atom is -1.00 e. The second-order valence-corrected chi connectivity index (χ2v) is 3.36. The van der Waals surface area contributed by atoms with Crippen LogP contribution in [0.4, 0.5) is 0 Å². The Balaban J connectivity index is 0.000000810. The second kappa shape index (κ2) is 5.12. The van der Waals surface area contributed by atoms with Gasteiger partial charge in [-0.25, -0.2) is 0 Å². The van der Waals surface area contributed by atoms with E-state index in [1.807, 2.05) is 12.1 Å². The van der Waals surface area contributed by atoms with E-state index in [9.17, 15) is 0 Å². The molecule has 0 atom stereocenters. The molecule has 0 saturated heterocycles. The molecule has 1 rings (SSSR count). The smallest absolute Gasteiger partial charge is 1.00 e. The first-order valence-corrected chi connectivity index (χ1v) is 5.34. The quantitative estimate of drug-likeness (QED) is 0.561. The molecule has 1 aromatic carbocycles. The molecule has 0 aliphatic carbocycles. The molecular formula is C7H6Cl2Zn. The van der Waals surface area contributed by atoms with Gasteiger partial charge in [0.1, 0.15) is 0 Å². The number of hydrogen-bond acceptors (Lipinski definition) is 0. The summed E-state index contributed by atoms with van der Waals surface area (Å²) in [6, 6.07) is 8.02. The maximum absolute atomic E-state index is 5.68. The molecule has 0 unspecified atom stereocenters. The van der Waals surface area contributed by atoms with Gasteiger partial charge in [-0.1, -0.05) is 0 Å². The minimum Gasteiger partial charge on any atom is -1.00 e. The predicted molar refractivity (Wildman–Crippen MR) is 35.2 cm³/mol. The SMILES string of the molecule is Clc1ccc([CH2][Zn+])cc1.[Cl-]. The van der Waals surface area contributed by atoms with Crippen LogP contribution >= 0.6 is 11.6 Å². The van der Waals surface area contributed by atoms with E-state index in [-0.39, 0.29) is 12.4 Å². The topological polar surface area (TPSA) is 0 Å². The van der Waals surface area contributed by atoms with Gasteiger partial charge in [0.25, 0.3) is 0 Å². The molecule has 3 heteroatoms. The molecule has 1 aromatic rings. The molecule has 0 aromatic heterocycles. The van der Waals surface area contributed by atoms with Gasteiger partial charge >= 0.3 is 69.8 Å². The molecule has 0 amide bonds. The summed E-state index contributed by atoms with van der Waals surface area (Å²) >= 11 is 7.00. The number of halogens is 2. The summed E-state index contributed by atoms with van der Waals surface area (Å²) in [5.74, 6) is 0. The van der Waals surface area contributed by atoms with Crippen LogP contribution in [0.15, 0.2) is 24.3 Å². The van der Waals surface area contributed by atoms with Crippen molar-refractivity contribution >= 4 is 11.6 Å². The van der Waals surface area contributed by atoms with Crippen molar-refractivity contribution in [3.05, 3.63) is 34.9 Å². The zero-order valence-electron chi connectivity index (χ0n) is 5.48. The Kier molecular flexibility index (Phi) is 5.34. The van der Waals surface area contributed by atoms with E-state index in [2.05, 4.69) is 12.1 Å². The van der Waals surface area contributed by atoms with Crippen molar-refractivity contribution in [2.75, 3.05) is 0 Å². The maximum atomic E-state index is 5.68. The van der Waals surface area contributed by atoms with E-state index >= 15 is 0 Å². The summed E-state index contributed by atoms with van der Waals surface area (Å²) < 4.78 is 0. The summed E-state index contributed by atoms with van der Waals surface area (Å²) in [5, 5.41) is 2.03. The van der Waals surface area contributed by atoms with Crippen molar-refractivity contribution in [1.82, 2.24) is 0 Å². The fourth-order valence-electron chi connectivity index (χ4n) is 0.651. The molecule has 0 radical (unpaired) electrons. The first kappa shape index (κ1) is 10.4. The van der Waals surface area contributed by atoms with Gasteiger partial charge in [-0.05, 0) is 0 Å². The van der Waals surface area contributed by atoms with Crippen molar-refractivity contribution in [3.63, 3.8) is 0 Å². The summed E-state index contributed by atoms with van der Waals surface area (Å²) in [4.78, 5) is 0. The van der Waals surface area contributed by atoms with Crippen LogP contribution in [0.2, 0.25) is 5.02 Å². The molecule has 50 valence electrons. The summed E-state index contributed by atoms with van der Waals surface area (Å²) in [5.41, 5.74) is 1.39. The molecule has 0 heterocycles. The van der Waals surface area contributed by atoms with Gasteiger partial charge < -0.3 is 12.4 Å². The predicted octanol–water partition coefficient (Wildman–Crippen LogP) is -0.609. The Morgan fingerprint density at radius 2 is 1.70 bits per heavy atom. The average Bonchev–Trinajstić information content (AvgIpc) is 1.90. The number of hydrogen-bond donors (Lipinski definition) is 0. The largest absolute Gasteiger partial charge is 1.00 e. The summed E-state index contributed by atoms with van der Waals surface area (Å²) in [7, 11) is 0. The zero-order chi connectivity index (χ0) is 6.69.